The van der Waals surface area contributed by atoms with Crippen LogP contribution in [0.2, 0.25) is 0 Å². The van der Waals surface area contributed by atoms with Crippen molar-refractivity contribution in [2.75, 3.05) is 0 Å². The van der Waals surface area contributed by atoms with E-state index in [1.807, 2.05) is 32.0 Å². The van der Waals surface area contributed by atoms with Crippen molar-refractivity contribution in [2.45, 2.75) is 25.9 Å². The maximum Gasteiger partial charge on any atom is 0.159 e. The molecule has 0 bridgehead atoms. The van der Waals surface area contributed by atoms with Crippen molar-refractivity contribution in [1.29, 1.82) is 5.26 Å². The Hall–Kier alpha value is -2.25. The second kappa shape index (κ2) is 6.47. The van der Waals surface area contributed by atoms with Crippen LogP contribution >= 0.6 is 0 Å². The highest BCUT2D eigenvalue weighted by Crippen LogP contribution is 2.21. The zero-order valence-electron chi connectivity index (χ0n) is 11.9. The molecule has 0 radical (unpaired) electrons. The second-order valence-corrected chi connectivity index (χ2v) is 5.02. The lowest BCUT2D eigenvalue weighted by Crippen LogP contribution is -2.22. The van der Waals surface area contributed by atoms with Gasteiger partial charge < -0.3 is 5.32 Å². The Morgan fingerprint density at radius 1 is 0.952 bits per heavy atom. The molecule has 0 aliphatic carbocycles. The molecule has 0 aliphatic heterocycles. The topological polar surface area (TPSA) is 35.8 Å². The van der Waals surface area contributed by atoms with Crippen LogP contribution in [0, 0.1) is 23.0 Å². The van der Waals surface area contributed by atoms with E-state index in [4.69, 9.17) is 5.26 Å². The standard InChI is InChI=1S/C17H16F2N2/c1-11(14-5-3-4-13(8-14)10-20)21-12(2)15-6-7-16(18)17(19)9-15/h3-9,11-12,21H,1-2H3. The summed E-state index contributed by atoms with van der Waals surface area (Å²) in [6.45, 7) is 3.85. The first kappa shape index (κ1) is 15.1. The number of nitrogens with zero attached hydrogens (tertiary/aromatic N) is 1. The minimum absolute atomic E-state index is 0.0126. The molecule has 0 amide bonds. The van der Waals surface area contributed by atoms with E-state index >= 15 is 0 Å². The first-order chi connectivity index (χ1) is 10.0. The van der Waals surface area contributed by atoms with Gasteiger partial charge in [-0.3, -0.25) is 0 Å². The molecule has 0 fully saturated rings. The molecule has 21 heavy (non-hydrogen) atoms. The first-order valence-electron chi connectivity index (χ1n) is 6.72. The highest BCUT2D eigenvalue weighted by atomic mass is 19.2. The van der Waals surface area contributed by atoms with Gasteiger partial charge in [0.05, 0.1) is 11.6 Å². The van der Waals surface area contributed by atoms with Crippen molar-refractivity contribution in [2.24, 2.45) is 0 Å². The third-order valence-electron chi connectivity index (χ3n) is 3.46. The molecule has 2 unspecified atom stereocenters. The zero-order chi connectivity index (χ0) is 15.4. The molecule has 2 rings (SSSR count). The fourth-order valence-electron chi connectivity index (χ4n) is 2.23. The predicted octanol–water partition coefficient (Wildman–Crippen LogP) is 4.25. The fraction of sp³-hybridized carbons (Fsp3) is 0.235. The van der Waals surface area contributed by atoms with Gasteiger partial charge in [0.15, 0.2) is 11.6 Å². The van der Waals surface area contributed by atoms with Gasteiger partial charge in [-0.15, -0.1) is 0 Å². The zero-order valence-corrected chi connectivity index (χ0v) is 11.9. The number of halogens is 2. The van der Waals surface area contributed by atoms with E-state index in [1.165, 1.54) is 6.07 Å². The van der Waals surface area contributed by atoms with Crippen molar-refractivity contribution < 1.29 is 8.78 Å². The molecule has 0 spiro atoms. The molecular weight excluding hydrogens is 270 g/mol. The Morgan fingerprint density at radius 2 is 1.62 bits per heavy atom. The van der Waals surface area contributed by atoms with Crippen molar-refractivity contribution in [3.05, 3.63) is 70.8 Å². The van der Waals surface area contributed by atoms with Crippen molar-refractivity contribution in [3.8, 4) is 6.07 Å². The Bertz CT molecular complexity index is 677. The quantitative estimate of drug-likeness (QED) is 0.912. The van der Waals surface area contributed by atoms with Gasteiger partial charge in [-0.2, -0.15) is 5.26 Å². The summed E-state index contributed by atoms with van der Waals surface area (Å²) in [4.78, 5) is 0. The fourth-order valence-corrected chi connectivity index (χ4v) is 2.23. The van der Waals surface area contributed by atoms with Crippen LogP contribution in [-0.2, 0) is 0 Å². The van der Waals surface area contributed by atoms with Crippen LogP contribution in [0.3, 0.4) is 0 Å². The van der Waals surface area contributed by atoms with Crippen LogP contribution < -0.4 is 5.32 Å². The first-order valence-corrected chi connectivity index (χ1v) is 6.72. The number of benzene rings is 2. The van der Waals surface area contributed by atoms with Gasteiger partial charge in [-0.1, -0.05) is 18.2 Å². The normalized spacial score (nSPS) is 13.5. The molecule has 0 saturated heterocycles. The van der Waals surface area contributed by atoms with Gasteiger partial charge in [0, 0.05) is 12.1 Å². The summed E-state index contributed by atoms with van der Waals surface area (Å²) >= 11 is 0. The molecule has 0 saturated carbocycles. The van der Waals surface area contributed by atoms with Gasteiger partial charge in [-0.25, -0.2) is 8.78 Å². The maximum atomic E-state index is 13.3. The predicted molar refractivity (Wildman–Crippen MR) is 77.5 cm³/mol. The molecule has 2 atom stereocenters. The van der Waals surface area contributed by atoms with E-state index in [9.17, 15) is 8.78 Å². The third-order valence-corrected chi connectivity index (χ3v) is 3.46. The Balaban J connectivity index is 2.12. The second-order valence-electron chi connectivity index (χ2n) is 5.02. The lowest BCUT2D eigenvalue weighted by atomic mass is 10.0. The Morgan fingerprint density at radius 3 is 2.24 bits per heavy atom. The maximum absolute atomic E-state index is 13.3. The Kier molecular flexibility index (Phi) is 4.66. The van der Waals surface area contributed by atoms with E-state index in [0.717, 1.165) is 11.6 Å². The van der Waals surface area contributed by atoms with Crippen LogP contribution in [-0.4, -0.2) is 0 Å². The van der Waals surface area contributed by atoms with E-state index < -0.39 is 11.6 Å². The average Bonchev–Trinajstić information content (AvgIpc) is 2.49. The molecule has 2 nitrogen and oxygen atoms in total. The van der Waals surface area contributed by atoms with Crippen LogP contribution in [0.4, 0.5) is 8.78 Å². The number of nitriles is 1. The molecular formula is C17H16F2N2. The highest BCUT2D eigenvalue weighted by molar-refractivity contribution is 5.34. The minimum atomic E-state index is -0.847. The monoisotopic (exact) mass is 286 g/mol. The van der Waals surface area contributed by atoms with Crippen molar-refractivity contribution in [3.63, 3.8) is 0 Å². The van der Waals surface area contributed by atoms with E-state index in [2.05, 4.69) is 11.4 Å². The lowest BCUT2D eigenvalue weighted by molar-refractivity contribution is 0.480. The lowest BCUT2D eigenvalue weighted by Gasteiger charge is -2.21. The van der Waals surface area contributed by atoms with Crippen LogP contribution in [0.15, 0.2) is 42.5 Å². The summed E-state index contributed by atoms with van der Waals surface area (Å²) in [5, 5.41) is 12.2. The molecule has 1 N–H and O–H groups in total. The number of nitrogens with one attached hydrogen (secondary N) is 1. The molecule has 0 aromatic heterocycles. The van der Waals surface area contributed by atoms with Gasteiger partial charge in [0.25, 0.3) is 0 Å². The number of hydrogen-bond donors (Lipinski definition) is 1. The van der Waals surface area contributed by atoms with Gasteiger partial charge >= 0.3 is 0 Å². The molecule has 2 aromatic carbocycles. The van der Waals surface area contributed by atoms with Gasteiger partial charge in [0.1, 0.15) is 0 Å². The molecule has 2 aromatic rings. The largest absolute Gasteiger partial charge is 0.304 e. The van der Waals surface area contributed by atoms with Crippen molar-refractivity contribution in [1.82, 2.24) is 5.32 Å². The Labute approximate surface area is 123 Å². The summed E-state index contributed by atoms with van der Waals surface area (Å²) in [7, 11) is 0. The van der Waals surface area contributed by atoms with E-state index in [1.54, 1.807) is 12.1 Å². The van der Waals surface area contributed by atoms with Gasteiger partial charge in [0.2, 0.25) is 0 Å². The molecule has 108 valence electrons. The number of rotatable bonds is 4. The minimum Gasteiger partial charge on any atom is -0.304 e. The number of hydrogen-bond acceptors (Lipinski definition) is 2. The van der Waals surface area contributed by atoms with E-state index in [-0.39, 0.29) is 12.1 Å². The van der Waals surface area contributed by atoms with Crippen LogP contribution in [0.1, 0.15) is 42.6 Å². The summed E-state index contributed by atoms with van der Waals surface area (Å²) in [6, 6.07) is 13.2. The van der Waals surface area contributed by atoms with Gasteiger partial charge in [-0.05, 0) is 49.2 Å². The molecule has 4 heteroatoms. The summed E-state index contributed by atoms with van der Waals surface area (Å²) in [5.41, 5.74) is 2.25. The molecule has 0 heterocycles. The third kappa shape index (κ3) is 3.65. The summed E-state index contributed by atoms with van der Waals surface area (Å²) < 4.78 is 26.2. The summed E-state index contributed by atoms with van der Waals surface area (Å²) in [5.74, 6) is -1.69. The van der Waals surface area contributed by atoms with E-state index in [0.29, 0.717) is 11.1 Å². The highest BCUT2D eigenvalue weighted by Gasteiger charge is 2.13. The van der Waals surface area contributed by atoms with Crippen molar-refractivity contribution >= 4 is 0 Å². The van der Waals surface area contributed by atoms with Crippen LogP contribution in [0.25, 0.3) is 0 Å². The summed E-state index contributed by atoms with van der Waals surface area (Å²) in [6.07, 6.45) is 0. The SMILES string of the molecule is CC(NC(C)c1ccc(F)c(F)c1)c1cccc(C#N)c1. The smallest absolute Gasteiger partial charge is 0.159 e. The average molecular weight is 286 g/mol. The molecule has 0 aliphatic rings. The van der Waals surface area contributed by atoms with Crippen LogP contribution in [0.5, 0.6) is 0 Å².